The second-order valence-electron chi connectivity index (χ2n) is 14.6. The molecular weight excluding hydrogens is 522 g/mol. The third-order valence-corrected chi connectivity index (χ3v) is 10.3. The minimum atomic E-state index is -2.66. The van der Waals surface area contributed by atoms with Gasteiger partial charge in [-0.3, -0.25) is 9.89 Å². The quantitative estimate of drug-likeness (QED) is 0.205. The van der Waals surface area contributed by atoms with Gasteiger partial charge in [0.25, 0.3) is 0 Å². The molecule has 1 saturated carbocycles. The first-order chi connectivity index (χ1) is 19.9. The molecule has 228 valence electrons. The van der Waals surface area contributed by atoms with Crippen LogP contribution in [0.5, 0.6) is 0 Å². The highest BCUT2D eigenvalue weighted by Crippen LogP contribution is 2.47. The molecule has 5 rings (SSSR count). The van der Waals surface area contributed by atoms with E-state index in [4.69, 9.17) is 4.99 Å². The van der Waals surface area contributed by atoms with Crippen LogP contribution in [0.15, 0.2) is 53.5 Å². The fourth-order valence-electron chi connectivity index (χ4n) is 7.49. The lowest BCUT2D eigenvalue weighted by Crippen LogP contribution is -2.56. The van der Waals surface area contributed by atoms with Crippen molar-refractivity contribution in [2.24, 2.45) is 15.8 Å². The molecule has 2 aliphatic heterocycles. The van der Waals surface area contributed by atoms with E-state index in [1.54, 1.807) is 0 Å². The number of aryl methyl sites for hydroxylation is 2. The Morgan fingerprint density at radius 1 is 1.05 bits per heavy atom. The monoisotopic (exact) mass is 574 g/mol. The number of nitrogens with zero attached hydrogens (tertiary/aromatic N) is 2. The second kappa shape index (κ2) is 12.3. The van der Waals surface area contributed by atoms with Crippen molar-refractivity contribution in [3.8, 4) is 11.1 Å². The zero-order valence-corrected chi connectivity index (χ0v) is 26.8. The van der Waals surface area contributed by atoms with Crippen LogP contribution < -0.4 is 0 Å². The van der Waals surface area contributed by atoms with Crippen molar-refractivity contribution in [2.75, 3.05) is 19.6 Å². The highest BCUT2D eigenvalue weighted by atomic mass is 19.3. The lowest BCUT2D eigenvalue weighted by Gasteiger charge is -2.48. The summed E-state index contributed by atoms with van der Waals surface area (Å²) in [5.74, 6) is -2.11. The first-order valence-electron chi connectivity index (χ1n) is 16.4. The first-order valence-corrected chi connectivity index (χ1v) is 16.4. The van der Waals surface area contributed by atoms with Crippen molar-refractivity contribution in [1.82, 2.24) is 4.90 Å². The van der Waals surface area contributed by atoms with Crippen molar-refractivity contribution in [3.63, 3.8) is 0 Å². The Kier molecular flexibility index (Phi) is 9.14. The Morgan fingerprint density at radius 2 is 1.76 bits per heavy atom. The molecule has 0 radical (unpaired) electrons. The molecule has 3 aliphatic rings. The van der Waals surface area contributed by atoms with E-state index in [0.29, 0.717) is 17.8 Å². The molecule has 0 aromatic heterocycles. The second-order valence-corrected chi connectivity index (χ2v) is 14.6. The molecule has 0 amide bonds. The molecular formula is C38H52F2N2. The van der Waals surface area contributed by atoms with E-state index in [-0.39, 0.29) is 11.8 Å². The average molecular weight is 575 g/mol. The Hall–Kier alpha value is -2.33. The van der Waals surface area contributed by atoms with E-state index in [0.717, 1.165) is 51.5 Å². The molecule has 1 spiro atoms. The highest BCUT2D eigenvalue weighted by Gasteiger charge is 2.46. The third-order valence-electron chi connectivity index (χ3n) is 10.3. The summed E-state index contributed by atoms with van der Waals surface area (Å²) in [6.45, 7) is 18.3. The number of hydrogen-bond donors (Lipinski definition) is 0. The standard InChI is InChI=1S/C38H52F2N2/c1-7-17-36(5,27(2)3)18-8-9-33-22-38(24-41-33)25-42(26-38)23-29-20-32(16-19-37(6,39)40)35(34(21-29)30-14-15-30)31-12-10-28(4)11-13-31/h10-13,20-21,30H,2,7-9,14-19,22-26H2,1,3-6H3. The van der Waals surface area contributed by atoms with Crippen molar-refractivity contribution in [2.45, 2.75) is 117 Å². The van der Waals surface area contributed by atoms with Crippen LogP contribution in [-0.2, 0) is 13.0 Å². The molecule has 0 bridgehead atoms. The van der Waals surface area contributed by atoms with Crippen LogP contribution in [0.3, 0.4) is 0 Å². The minimum Gasteiger partial charge on any atom is -0.298 e. The zero-order valence-electron chi connectivity index (χ0n) is 26.8. The fourth-order valence-corrected chi connectivity index (χ4v) is 7.49. The van der Waals surface area contributed by atoms with Crippen molar-refractivity contribution in [3.05, 3.63) is 70.8 Å². The molecule has 2 heterocycles. The lowest BCUT2D eigenvalue weighted by atomic mass is 9.74. The highest BCUT2D eigenvalue weighted by molar-refractivity contribution is 5.87. The van der Waals surface area contributed by atoms with Gasteiger partial charge in [0.2, 0.25) is 5.92 Å². The summed E-state index contributed by atoms with van der Waals surface area (Å²) < 4.78 is 28.0. The van der Waals surface area contributed by atoms with E-state index >= 15 is 0 Å². The van der Waals surface area contributed by atoms with Gasteiger partial charge >= 0.3 is 0 Å². The average Bonchev–Trinajstić information content (AvgIpc) is 3.67. The van der Waals surface area contributed by atoms with Gasteiger partial charge < -0.3 is 0 Å². The summed E-state index contributed by atoms with van der Waals surface area (Å²) in [5, 5.41) is 0. The van der Waals surface area contributed by atoms with Gasteiger partial charge in [-0.15, -0.1) is 0 Å². The maximum Gasteiger partial charge on any atom is 0.245 e. The molecule has 0 N–H and O–H groups in total. The van der Waals surface area contributed by atoms with Crippen molar-refractivity contribution in [1.29, 1.82) is 0 Å². The molecule has 2 nitrogen and oxygen atoms in total. The van der Waals surface area contributed by atoms with Crippen LogP contribution in [0.25, 0.3) is 11.1 Å². The summed E-state index contributed by atoms with van der Waals surface area (Å²) in [7, 11) is 0. The molecule has 4 heteroatoms. The van der Waals surface area contributed by atoms with Gasteiger partial charge in [-0.25, -0.2) is 8.78 Å². The molecule has 42 heavy (non-hydrogen) atoms. The maximum atomic E-state index is 14.0. The first kappa shape index (κ1) is 31.1. The number of aliphatic imine (C=N–C) groups is 1. The summed E-state index contributed by atoms with van der Waals surface area (Å²) in [5.41, 5.74) is 10.6. The van der Waals surface area contributed by atoms with Crippen molar-refractivity contribution >= 4 is 5.71 Å². The van der Waals surface area contributed by atoms with E-state index in [2.05, 4.69) is 75.6 Å². The third kappa shape index (κ3) is 7.41. The van der Waals surface area contributed by atoms with Crippen molar-refractivity contribution < 1.29 is 8.78 Å². The minimum absolute atomic E-state index is 0.115. The largest absolute Gasteiger partial charge is 0.298 e. The number of likely N-dealkylation sites (tertiary alicyclic amines) is 1. The molecule has 1 unspecified atom stereocenters. The summed E-state index contributed by atoms with van der Waals surface area (Å²) >= 11 is 0. The summed E-state index contributed by atoms with van der Waals surface area (Å²) in [6, 6.07) is 13.3. The molecule has 1 aliphatic carbocycles. The Bertz CT molecular complexity index is 1290. The SMILES string of the molecule is C=C(C)C(C)(CCC)CCCC1=NCC2(C1)CN(Cc1cc(CCC(C)(F)F)c(-c3ccc(C)cc3)c(C3CC3)c1)C2. The van der Waals surface area contributed by atoms with Crippen LogP contribution in [0.4, 0.5) is 8.78 Å². The summed E-state index contributed by atoms with van der Waals surface area (Å²) in [6.07, 6.45) is 9.74. The van der Waals surface area contributed by atoms with Crippen LogP contribution >= 0.6 is 0 Å². The van der Waals surface area contributed by atoms with Gasteiger partial charge in [0, 0.05) is 43.7 Å². The van der Waals surface area contributed by atoms with Gasteiger partial charge in [0.15, 0.2) is 0 Å². The number of rotatable bonds is 14. The smallest absolute Gasteiger partial charge is 0.245 e. The van der Waals surface area contributed by atoms with Gasteiger partial charge in [-0.05, 0) is 111 Å². The number of alkyl halides is 2. The van der Waals surface area contributed by atoms with Gasteiger partial charge in [-0.2, -0.15) is 0 Å². The maximum absolute atomic E-state index is 14.0. The lowest BCUT2D eigenvalue weighted by molar-refractivity contribution is 0.0122. The Labute approximate surface area is 253 Å². The number of hydrogen-bond acceptors (Lipinski definition) is 2. The predicted octanol–water partition coefficient (Wildman–Crippen LogP) is 10.3. The number of allylic oxidation sites excluding steroid dienone is 1. The van der Waals surface area contributed by atoms with E-state index in [9.17, 15) is 8.78 Å². The molecule has 2 aromatic carbocycles. The van der Waals surface area contributed by atoms with Gasteiger partial charge in [0.05, 0.1) is 0 Å². The van der Waals surface area contributed by atoms with Gasteiger partial charge in [0.1, 0.15) is 0 Å². The van der Waals surface area contributed by atoms with Crippen LogP contribution in [0.2, 0.25) is 0 Å². The van der Waals surface area contributed by atoms with Crippen LogP contribution in [0, 0.1) is 17.8 Å². The number of halogens is 2. The summed E-state index contributed by atoms with van der Waals surface area (Å²) in [4.78, 5) is 7.57. The molecule has 2 aromatic rings. The van der Waals surface area contributed by atoms with E-state index in [1.165, 1.54) is 77.6 Å². The Morgan fingerprint density at radius 3 is 2.38 bits per heavy atom. The topological polar surface area (TPSA) is 15.6 Å². The molecule has 1 atom stereocenters. The predicted molar refractivity (Wildman–Crippen MR) is 174 cm³/mol. The van der Waals surface area contributed by atoms with E-state index in [1.807, 2.05) is 0 Å². The molecule has 1 saturated heterocycles. The molecule has 2 fully saturated rings. The Balaban J connectivity index is 1.24. The fraction of sp³-hybridized carbons (Fsp3) is 0.605. The van der Waals surface area contributed by atoms with E-state index < -0.39 is 5.92 Å². The zero-order chi connectivity index (χ0) is 30.1. The number of benzene rings is 2. The van der Waals surface area contributed by atoms with Crippen LogP contribution in [-0.4, -0.2) is 36.2 Å². The van der Waals surface area contributed by atoms with Crippen LogP contribution in [0.1, 0.15) is 114 Å². The van der Waals surface area contributed by atoms with Gasteiger partial charge in [-0.1, -0.05) is 74.4 Å². The normalized spacial score (nSPS) is 19.9.